The van der Waals surface area contributed by atoms with E-state index in [2.05, 4.69) is 20.8 Å². The summed E-state index contributed by atoms with van der Waals surface area (Å²) in [5.74, 6) is -2.52. The molecule has 0 amide bonds. The Morgan fingerprint density at radius 3 is 1.08 bits per heavy atom. The van der Waals surface area contributed by atoms with Crippen molar-refractivity contribution in [3.8, 4) is 0 Å². The van der Waals surface area contributed by atoms with Crippen molar-refractivity contribution in [2.45, 2.75) is 79.6 Å². The van der Waals surface area contributed by atoms with Crippen molar-refractivity contribution in [2.24, 2.45) is 5.92 Å². The Labute approximate surface area is 168 Å². The fraction of sp³-hybridized carbons (Fsp3) is 0.889. The Balaban J connectivity index is -0.0000000733. The predicted molar refractivity (Wildman–Crippen MR) is 95.5 cm³/mol. The molecule has 0 bridgehead atoms. The summed E-state index contributed by atoms with van der Waals surface area (Å²) >= 11 is 0. The van der Waals surface area contributed by atoms with Crippen molar-refractivity contribution in [3.05, 3.63) is 0 Å². The molecule has 7 heteroatoms. The molecule has 0 fully saturated rings. The van der Waals surface area contributed by atoms with Gasteiger partial charge in [0.1, 0.15) is 5.78 Å². The van der Waals surface area contributed by atoms with E-state index < -0.39 is 11.9 Å². The molecule has 152 valence electrons. The quantitative estimate of drug-likeness (QED) is 0.401. The molecule has 0 aliphatic carbocycles. The van der Waals surface area contributed by atoms with Crippen LogP contribution in [0, 0.1) is 5.92 Å². The van der Waals surface area contributed by atoms with Crippen LogP contribution in [0.25, 0.3) is 0 Å². The van der Waals surface area contributed by atoms with Crippen LogP contribution in [-0.2, 0) is 31.3 Å². The van der Waals surface area contributed by atoms with E-state index in [0.29, 0.717) is 26.2 Å². The van der Waals surface area contributed by atoms with Gasteiger partial charge in [0.05, 0.1) is 11.9 Å². The van der Waals surface area contributed by atoms with Gasteiger partial charge in [-0.15, -0.1) is 0 Å². The monoisotopic (exact) mass is 399 g/mol. The average molecular weight is 399 g/mol. The number of aliphatic hydroxyl groups is 3. The molecular weight excluding hydrogens is 360 g/mol. The smallest absolute Gasteiger partial charge is 0.138 e. The maximum Gasteiger partial charge on any atom is 0.138 e. The summed E-state index contributed by atoms with van der Waals surface area (Å²) in [6.07, 6.45) is 6.43. The molecule has 0 aromatic rings. The standard InChI is InChI=1S/C6H10O3.3C4H10O.Ti/c1-3-5(4(2)7)6(8)9;3*1-2-3-4-5;/h5H,3H2,1-2H3,(H,8,9);3*5H,2-4H2,1H3;/p-1. The molecule has 1 atom stereocenters. The van der Waals surface area contributed by atoms with E-state index in [1.807, 2.05) is 0 Å². The molecule has 0 spiro atoms. The van der Waals surface area contributed by atoms with Crippen molar-refractivity contribution in [2.75, 3.05) is 19.8 Å². The second-order valence-electron chi connectivity index (χ2n) is 5.12. The Morgan fingerprint density at radius 2 is 1.08 bits per heavy atom. The summed E-state index contributed by atoms with van der Waals surface area (Å²) in [5.41, 5.74) is 0. The number of carboxylic acid groups (broad SMARTS) is 1. The Morgan fingerprint density at radius 1 is 0.800 bits per heavy atom. The molecule has 25 heavy (non-hydrogen) atoms. The van der Waals surface area contributed by atoms with Crippen molar-refractivity contribution in [1.82, 2.24) is 0 Å². The fourth-order valence-corrected chi connectivity index (χ4v) is 1.09. The molecule has 0 saturated heterocycles. The Bertz CT molecular complexity index is 215. The average Bonchev–Trinajstić information content (AvgIpc) is 2.51. The van der Waals surface area contributed by atoms with Crippen LogP contribution in [0.15, 0.2) is 0 Å². The van der Waals surface area contributed by atoms with Gasteiger partial charge in [0, 0.05) is 41.5 Å². The summed E-state index contributed by atoms with van der Waals surface area (Å²) in [6.45, 7) is 10.1. The maximum absolute atomic E-state index is 10.4. The molecule has 0 aliphatic heterocycles. The molecule has 0 aromatic carbocycles. The maximum atomic E-state index is 10.4. The van der Waals surface area contributed by atoms with Gasteiger partial charge in [-0.25, -0.2) is 0 Å². The summed E-state index contributed by atoms with van der Waals surface area (Å²) in [7, 11) is 0. The number of carbonyl (C=O) groups excluding carboxylic acids is 2. The van der Waals surface area contributed by atoms with Crippen LogP contribution < -0.4 is 5.11 Å². The first-order valence-corrected chi connectivity index (χ1v) is 8.88. The number of aliphatic carboxylic acids is 1. The van der Waals surface area contributed by atoms with Gasteiger partial charge in [0.15, 0.2) is 0 Å². The minimum atomic E-state index is -1.27. The molecule has 0 aromatic heterocycles. The molecule has 0 aliphatic rings. The van der Waals surface area contributed by atoms with Crippen LogP contribution in [0.2, 0.25) is 0 Å². The van der Waals surface area contributed by atoms with E-state index in [1.54, 1.807) is 6.92 Å². The minimum Gasteiger partial charge on any atom is -0.549 e. The van der Waals surface area contributed by atoms with E-state index in [0.717, 1.165) is 38.5 Å². The van der Waals surface area contributed by atoms with Crippen LogP contribution in [-0.4, -0.2) is 46.9 Å². The van der Waals surface area contributed by atoms with E-state index >= 15 is 0 Å². The van der Waals surface area contributed by atoms with Gasteiger partial charge >= 0.3 is 0 Å². The van der Waals surface area contributed by atoms with Crippen LogP contribution in [0.5, 0.6) is 0 Å². The van der Waals surface area contributed by atoms with E-state index in [4.69, 9.17) is 15.3 Å². The van der Waals surface area contributed by atoms with E-state index in [9.17, 15) is 14.7 Å². The molecule has 3 N–H and O–H groups in total. The van der Waals surface area contributed by atoms with Crippen molar-refractivity contribution in [1.29, 1.82) is 0 Å². The van der Waals surface area contributed by atoms with Gasteiger partial charge in [-0.3, -0.25) is 4.79 Å². The second-order valence-corrected chi connectivity index (χ2v) is 5.12. The van der Waals surface area contributed by atoms with Gasteiger partial charge in [-0.2, -0.15) is 0 Å². The SMILES string of the molecule is CCC(C(C)=O)C(=O)[O-].CCCCO.CCCCO.CCCCO.[Ti]. The second kappa shape index (κ2) is 35.0. The van der Waals surface area contributed by atoms with E-state index in [-0.39, 0.29) is 27.5 Å². The Kier molecular flexibility index (Phi) is 50.0. The number of hydrogen-bond acceptors (Lipinski definition) is 6. The van der Waals surface area contributed by atoms with Crippen LogP contribution in [0.4, 0.5) is 0 Å². The molecule has 1 unspecified atom stereocenters. The third kappa shape index (κ3) is 45.3. The molecule has 0 saturated carbocycles. The first kappa shape index (κ1) is 35.8. The number of ketones is 1. The predicted octanol–water partition coefficient (Wildman–Crippen LogP) is 1.69. The molecule has 6 nitrogen and oxygen atoms in total. The van der Waals surface area contributed by atoms with Crippen molar-refractivity contribution in [3.63, 3.8) is 0 Å². The zero-order chi connectivity index (χ0) is 19.8. The number of hydrogen-bond donors (Lipinski definition) is 3. The van der Waals surface area contributed by atoms with Gasteiger partial charge in [-0.05, 0) is 32.6 Å². The number of carboxylic acids is 1. The third-order valence-corrected chi connectivity index (χ3v) is 2.72. The summed E-state index contributed by atoms with van der Waals surface area (Å²) in [4.78, 5) is 20.4. The molecule has 0 radical (unpaired) electrons. The number of unbranched alkanes of at least 4 members (excludes halogenated alkanes) is 3. The fourth-order valence-electron chi connectivity index (χ4n) is 1.09. The first-order chi connectivity index (χ1) is 11.3. The first-order valence-electron chi connectivity index (χ1n) is 8.88. The van der Waals surface area contributed by atoms with Crippen LogP contribution in [0.3, 0.4) is 0 Å². The number of rotatable bonds is 9. The van der Waals surface area contributed by atoms with Crippen molar-refractivity contribution < 1.29 is 51.7 Å². The number of aliphatic hydroxyl groups excluding tert-OH is 3. The summed E-state index contributed by atoms with van der Waals surface area (Å²) in [5, 5.41) is 34.2. The summed E-state index contributed by atoms with van der Waals surface area (Å²) < 4.78 is 0. The zero-order valence-corrected chi connectivity index (χ0v) is 18.3. The molecular formula is C18H39O6Ti-. The van der Waals surface area contributed by atoms with Crippen LogP contribution >= 0.6 is 0 Å². The van der Waals surface area contributed by atoms with Crippen LogP contribution in [0.1, 0.15) is 79.6 Å². The largest absolute Gasteiger partial charge is 0.549 e. The van der Waals surface area contributed by atoms with Gasteiger partial charge in [0.25, 0.3) is 0 Å². The summed E-state index contributed by atoms with van der Waals surface area (Å²) in [6, 6.07) is 0. The normalized spacial score (nSPS) is 9.60. The molecule has 0 rings (SSSR count). The topological polar surface area (TPSA) is 118 Å². The Hall–Kier alpha value is -0.266. The zero-order valence-electron chi connectivity index (χ0n) is 16.7. The number of Topliss-reactive ketones (excluding diaryl/α,β-unsaturated/α-hetero) is 1. The number of carbonyl (C=O) groups is 2. The van der Waals surface area contributed by atoms with Gasteiger partial charge in [-0.1, -0.05) is 47.0 Å². The minimum absolute atomic E-state index is 0. The van der Waals surface area contributed by atoms with E-state index in [1.165, 1.54) is 6.92 Å². The van der Waals surface area contributed by atoms with Gasteiger partial charge in [0.2, 0.25) is 0 Å². The van der Waals surface area contributed by atoms with Gasteiger partial charge < -0.3 is 25.2 Å². The van der Waals surface area contributed by atoms with Crippen molar-refractivity contribution >= 4 is 11.8 Å². The molecule has 0 heterocycles. The third-order valence-electron chi connectivity index (χ3n) is 2.72.